The highest BCUT2D eigenvalue weighted by atomic mass is 15.6. The van der Waals surface area contributed by atoms with Crippen LogP contribution in [0.15, 0.2) is 109 Å². The van der Waals surface area contributed by atoms with Gasteiger partial charge in [-0.25, -0.2) is 15.0 Å². The quantitative estimate of drug-likeness (QED) is 0.147. The van der Waals surface area contributed by atoms with Gasteiger partial charge in [-0.05, 0) is 97.5 Å². The molecule has 0 N–H and O–H groups in total. The fraction of sp³-hybridized carbons (Fsp3) is 0.333. The summed E-state index contributed by atoms with van der Waals surface area (Å²) in [4.78, 5) is 12.6. The normalized spacial score (nSPS) is 12.7. The Kier molecular flexibility index (Phi) is 10.9. The fourth-order valence-corrected chi connectivity index (χ4v) is 5.90. The van der Waals surface area contributed by atoms with Gasteiger partial charge < -0.3 is 0 Å². The number of aryl methyl sites for hydroxylation is 4. The third-order valence-electron chi connectivity index (χ3n) is 7.86. The van der Waals surface area contributed by atoms with Crippen molar-refractivity contribution in [3.05, 3.63) is 131 Å². The van der Waals surface area contributed by atoms with Crippen molar-refractivity contribution in [2.45, 2.75) is 79.1 Å². The zero-order valence-electron chi connectivity index (χ0n) is 26.9. The average Bonchev–Trinajstić information content (AvgIpc) is 3.03. The number of rotatable bonds is 14. The molecule has 0 bridgehead atoms. The highest BCUT2D eigenvalue weighted by Gasteiger charge is 2.25. The number of hydrogen-bond donors (Lipinski definition) is 0. The highest BCUT2D eigenvalue weighted by molar-refractivity contribution is 5.68. The van der Waals surface area contributed by atoms with E-state index in [1.807, 2.05) is 0 Å². The van der Waals surface area contributed by atoms with Crippen molar-refractivity contribution in [1.82, 2.24) is 15.0 Å². The molecule has 3 heterocycles. The first-order valence-corrected chi connectivity index (χ1v) is 16.5. The first kappa shape index (κ1) is 31.1. The van der Waals surface area contributed by atoms with Crippen LogP contribution >= 0.6 is 0 Å². The summed E-state index contributed by atoms with van der Waals surface area (Å²) in [5.41, 5.74) is 8.32. The van der Waals surface area contributed by atoms with E-state index < -0.39 is 0 Å². The summed E-state index contributed by atoms with van der Waals surface area (Å²) in [5.74, 6) is 1.88. The summed E-state index contributed by atoms with van der Waals surface area (Å²) in [7, 11) is 0. The number of allylic oxidation sites excluding steroid dienone is 2. The Bertz CT molecular complexity index is 1470. The lowest BCUT2D eigenvalue weighted by Gasteiger charge is -2.39. The van der Waals surface area contributed by atoms with E-state index in [-0.39, 0.29) is 0 Å². The Morgan fingerprint density at radius 1 is 0.614 bits per heavy atom. The van der Waals surface area contributed by atoms with E-state index in [0.29, 0.717) is 6.54 Å². The molecule has 5 heteroatoms. The summed E-state index contributed by atoms with van der Waals surface area (Å²) in [6.45, 7) is 9.54. The molecule has 0 spiro atoms. The second-order valence-corrected chi connectivity index (χ2v) is 11.6. The number of nitrogens with zero attached hydrogens (tertiary/aromatic N) is 5. The predicted octanol–water partition coefficient (Wildman–Crippen LogP) is 9.89. The molecule has 4 aromatic rings. The van der Waals surface area contributed by atoms with Gasteiger partial charge in [0.2, 0.25) is 0 Å². The molecule has 1 aliphatic rings. The van der Waals surface area contributed by atoms with Crippen LogP contribution in [-0.2, 0) is 25.7 Å². The minimum Gasteiger partial charge on any atom is -0.297 e. The Labute approximate surface area is 264 Å². The smallest absolute Gasteiger partial charge is 0.152 e. The lowest BCUT2D eigenvalue weighted by Crippen LogP contribution is -2.41. The maximum Gasteiger partial charge on any atom is 0.152 e. The molecule has 228 valence electrons. The van der Waals surface area contributed by atoms with Gasteiger partial charge in [0.05, 0.1) is 12.2 Å². The summed E-state index contributed by atoms with van der Waals surface area (Å²) in [5, 5.41) is 4.56. The second-order valence-electron chi connectivity index (χ2n) is 11.6. The van der Waals surface area contributed by atoms with Crippen molar-refractivity contribution in [3.63, 3.8) is 0 Å². The van der Waals surface area contributed by atoms with Gasteiger partial charge in [-0.3, -0.25) is 9.91 Å². The van der Waals surface area contributed by atoms with Crippen LogP contribution in [0.2, 0.25) is 0 Å². The van der Waals surface area contributed by atoms with Gasteiger partial charge in [0.1, 0.15) is 5.82 Å². The Morgan fingerprint density at radius 3 is 1.80 bits per heavy atom. The van der Waals surface area contributed by atoms with E-state index in [9.17, 15) is 0 Å². The molecule has 2 aromatic carbocycles. The molecule has 0 fully saturated rings. The molecule has 0 saturated carbocycles. The lowest BCUT2D eigenvalue weighted by atomic mass is 10.1. The standard InChI is InChI=1S/C39H47N5/c1-5-14-31-18-9-22-35(28-31)43(38-25-11-20-33(40-38)16-7-3)37-24-13-27-42(30-37)44(36-23-10-19-32(29-36)15-6-2)39-26-12-21-34(41-39)17-8-4/h9-13,18-29H,5-8,14-17,30H2,1-4H3. The third-order valence-corrected chi connectivity index (χ3v) is 7.86. The highest BCUT2D eigenvalue weighted by Crippen LogP contribution is 2.34. The van der Waals surface area contributed by atoms with Crippen LogP contribution in [0.4, 0.5) is 23.0 Å². The molecular weight excluding hydrogens is 538 g/mol. The molecule has 2 aromatic heterocycles. The summed E-state index contributed by atoms with van der Waals surface area (Å²) in [6.07, 6.45) is 14.9. The van der Waals surface area contributed by atoms with Crippen LogP contribution in [0.3, 0.4) is 0 Å². The predicted molar refractivity (Wildman–Crippen MR) is 186 cm³/mol. The number of pyridine rings is 2. The molecule has 0 atom stereocenters. The lowest BCUT2D eigenvalue weighted by molar-refractivity contribution is 0.404. The molecule has 0 amide bonds. The molecule has 1 aliphatic heterocycles. The first-order chi connectivity index (χ1) is 21.6. The molecular formula is C39H47N5. The van der Waals surface area contributed by atoms with Crippen molar-refractivity contribution in [2.75, 3.05) is 16.5 Å². The van der Waals surface area contributed by atoms with Crippen LogP contribution in [0.25, 0.3) is 0 Å². The Morgan fingerprint density at radius 2 is 1.16 bits per heavy atom. The fourth-order valence-electron chi connectivity index (χ4n) is 5.90. The number of aromatic nitrogens is 2. The molecule has 0 radical (unpaired) electrons. The van der Waals surface area contributed by atoms with Crippen LogP contribution in [0.1, 0.15) is 75.9 Å². The van der Waals surface area contributed by atoms with Crippen molar-refractivity contribution in [2.24, 2.45) is 0 Å². The average molecular weight is 586 g/mol. The zero-order valence-corrected chi connectivity index (χ0v) is 26.9. The largest absolute Gasteiger partial charge is 0.297 e. The van der Waals surface area contributed by atoms with E-state index in [0.717, 1.165) is 91.5 Å². The minimum absolute atomic E-state index is 0.659. The zero-order chi connectivity index (χ0) is 30.7. The minimum atomic E-state index is 0.659. The van der Waals surface area contributed by atoms with Crippen molar-refractivity contribution in [3.8, 4) is 0 Å². The van der Waals surface area contributed by atoms with Gasteiger partial charge in [0, 0.05) is 29.0 Å². The van der Waals surface area contributed by atoms with E-state index in [1.165, 1.54) is 11.1 Å². The SMILES string of the molecule is CCCc1cccc(N(C2=CC=CN(N(c3cccc(CCC)c3)c3cccc(CCC)n3)C2)c2cccc(CCC)n2)c1. The number of hydrogen-bond acceptors (Lipinski definition) is 5. The van der Waals surface area contributed by atoms with E-state index >= 15 is 0 Å². The Balaban J connectivity index is 1.57. The first-order valence-electron chi connectivity index (χ1n) is 16.5. The summed E-state index contributed by atoms with van der Waals surface area (Å²) < 4.78 is 0. The van der Waals surface area contributed by atoms with Crippen LogP contribution in [0.5, 0.6) is 0 Å². The third kappa shape index (κ3) is 7.57. The molecule has 0 aliphatic carbocycles. The van der Waals surface area contributed by atoms with Gasteiger partial charge in [-0.1, -0.05) is 89.8 Å². The van der Waals surface area contributed by atoms with Crippen molar-refractivity contribution in [1.29, 1.82) is 0 Å². The number of hydrazine groups is 1. The van der Waals surface area contributed by atoms with Gasteiger partial charge in [-0.2, -0.15) is 0 Å². The monoisotopic (exact) mass is 585 g/mol. The van der Waals surface area contributed by atoms with Gasteiger partial charge >= 0.3 is 0 Å². The van der Waals surface area contributed by atoms with E-state index in [2.05, 4.69) is 146 Å². The summed E-state index contributed by atoms with van der Waals surface area (Å²) in [6, 6.07) is 30.6. The van der Waals surface area contributed by atoms with Crippen LogP contribution in [0, 0.1) is 0 Å². The number of benzene rings is 2. The molecule has 44 heavy (non-hydrogen) atoms. The van der Waals surface area contributed by atoms with Gasteiger partial charge in [0.25, 0.3) is 0 Å². The van der Waals surface area contributed by atoms with Gasteiger partial charge in [-0.15, -0.1) is 0 Å². The molecule has 0 saturated heterocycles. The Hall–Kier alpha value is -4.38. The topological polar surface area (TPSA) is 35.5 Å². The number of anilines is 4. The van der Waals surface area contributed by atoms with E-state index in [4.69, 9.17) is 9.97 Å². The maximum atomic E-state index is 5.16. The van der Waals surface area contributed by atoms with Crippen molar-refractivity contribution < 1.29 is 0 Å². The maximum absolute atomic E-state index is 5.16. The van der Waals surface area contributed by atoms with Crippen molar-refractivity contribution >= 4 is 23.0 Å². The van der Waals surface area contributed by atoms with E-state index in [1.54, 1.807) is 0 Å². The summed E-state index contributed by atoms with van der Waals surface area (Å²) >= 11 is 0. The molecule has 0 unspecified atom stereocenters. The van der Waals surface area contributed by atoms with Gasteiger partial charge in [0.15, 0.2) is 5.82 Å². The van der Waals surface area contributed by atoms with Crippen LogP contribution in [-0.4, -0.2) is 21.5 Å². The van der Waals surface area contributed by atoms with Crippen LogP contribution < -0.4 is 9.91 Å². The second kappa shape index (κ2) is 15.4. The molecule has 5 nitrogen and oxygen atoms in total. The molecule has 5 rings (SSSR count).